The maximum Gasteiger partial charge on any atom is 0.0755 e. The summed E-state index contributed by atoms with van der Waals surface area (Å²) in [5.74, 6) is 0. The highest BCUT2D eigenvalue weighted by atomic mass is 35.5. The van der Waals surface area contributed by atoms with Crippen LogP contribution in [0.25, 0.3) is 0 Å². The van der Waals surface area contributed by atoms with Gasteiger partial charge in [-0.05, 0) is 37.0 Å². The zero-order valence-corrected chi connectivity index (χ0v) is 11.3. The first kappa shape index (κ1) is 11.2. The van der Waals surface area contributed by atoms with Crippen LogP contribution >= 0.6 is 11.6 Å². The summed E-state index contributed by atoms with van der Waals surface area (Å²) >= 11 is 5.91. The van der Waals surface area contributed by atoms with E-state index in [9.17, 15) is 0 Å². The summed E-state index contributed by atoms with van der Waals surface area (Å²) in [6.45, 7) is 3.25. The second-order valence-electron chi connectivity index (χ2n) is 4.16. The molecule has 82 valence electrons. The SMILES string of the molecule is C[SiH2]C1(c2ccc(Cl)cc2)CCCCO1. The van der Waals surface area contributed by atoms with Crippen LogP contribution in [0.3, 0.4) is 0 Å². The van der Waals surface area contributed by atoms with E-state index in [4.69, 9.17) is 16.3 Å². The monoisotopic (exact) mass is 240 g/mol. The van der Waals surface area contributed by atoms with Crippen LogP contribution in [0.15, 0.2) is 24.3 Å². The molecule has 0 saturated carbocycles. The van der Waals surface area contributed by atoms with E-state index < -0.39 is 0 Å². The third-order valence-electron chi connectivity index (χ3n) is 3.29. The molecule has 0 aromatic heterocycles. The predicted molar refractivity (Wildman–Crippen MR) is 67.3 cm³/mol. The van der Waals surface area contributed by atoms with Gasteiger partial charge in [-0.2, -0.15) is 0 Å². The fourth-order valence-corrected chi connectivity index (χ4v) is 4.04. The lowest BCUT2D eigenvalue weighted by atomic mass is 10.0. The molecule has 1 heterocycles. The lowest BCUT2D eigenvalue weighted by molar-refractivity contribution is -0.0235. The van der Waals surface area contributed by atoms with Crippen LogP contribution in [-0.4, -0.2) is 16.1 Å². The van der Waals surface area contributed by atoms with E-state index in [-0.39, 0.29) is 14.7 Å². The number of hydrogen-bond donors (Lipinski definition) is 0. The van der Waals surface area contributed by atoms with Crippen molar-refractivity contribution in [2.24, 2.45) is 0 Å². The van der Waals surface area contributed by atoms with Crippen molar-refractivity contribution in [1.82, 2.24) is 0 Å². The van der Waals surface area contributed by atoms with Gasteiger partial charge in [0.2, 0.25) is 0 Å². The molecule has 0 spiro atoms. The molecule has 1 aliphatic heterocycles. The fraction of sp³-hybridized carbons (Fsp3) is 0.500. The molecule has 0 bridgehead atoms. The second-order valence-corrected chi connectivity index (χ2v) is 6.45. The Kier molecular flexibility index (Phi) is 3.49. The van der Waals surface area contributed by atoms with Gasteiger partial charge in [0.25, 0.3) is 0 Å². The third kappa shape index (κ3) is 2.27. The lowest BCUT2D eigenvalue weighted by Crippen LogP contribution is -2.38. The first-order chi connectivity index (χ1) is 7.27. The molecule has 1 nitrogen and oxygen atoms in total. The maximum absolute atomic E-state index is 6.06. The van der Waals surface area contributed by atoms with Gasteiger partial charge in [-0.25, -0.2) is 0 Å². The van der Waals surface area contributed by atoms with Gasteiger partial charge in [0.05, 0.1) is 14.7 Å². The molecule has 0 aliphatic carbocycles. The normalized spacial score (nSPS) is 27.3. The van der Waals surface area contributed by atoms with Crippen molar-refractivity contribution in [2.75, 3.05) is 6.61 Å². The highest BCUT2D eigenvalue weighted by molar-refractivity contribution is 6.37. The number of halogens is 1. The molecule has 0 radical (unpaired) electrons. The van der Waals surface area contributed by atoms with E-state index in [1.54, 1.807) is 0 Å². The topological polar surface area (TPSA) is 9.23 Å². The van der Waals surface area contributed by atoms with E-state index in [0.717, 1.165) is 11.6 Å². The minimum atomic E-state index is -0.215. The quantitative estimate of drug-likeness (QED) is 0.723. The molecule has 1 saturated heterocycles. The maximum atomic E-state index is 6.06. The molecule has 1 atom stereocenters. The van der Waals surface area contributed by atoms with Crippen molar-refractivity contribution in [3.8, 4) is 0 Å². The average Bonchev–Trinajstić information content (AvgIpc) is 2.31. The highest BCUT2D eigenvalue weighted by Crippen LogP contribution is 2.34. The van der Waals surface area contributed by atoms with Gasteiger partial charge in [-0.15, -0.1) is 0 Å². The summed E-state index contributed by atoms with van der Waals surface area (Å²) in [6, 6.07) is 8.20. The highest BCUT2D eigenvalue weighted by Gasteiger charge is 2.33. The molecule has 15 heavy (non-hydrogen) atoms. The summed E-state index contributed by atoms with van der Waals surface area (Å²) in [5, 5.41) is 0.894. The largest absolute Gasteiger partial charge is 0.375 e. The molecule has 1 fully saturated rings. The van der Waals surface area contributed by atoms with Crippen molar-refractivity contribution < 1.29 is 4.74 Å². The molecule has 3 heteroatoms. The Morgan fingerprint density at radius 2 is 2.00 bits per heavy atom. The van der Waals surface area contributed by atoms with E-state index in [1.807, 2.05) is 12.1 Å². The van der Waals surface area contributed by atoms with Gasteiger partial charge in [0.1, 0.15) is 0 Å². The van der Waals surface area contributed by atoms with Crippen LogP contribution in [0.4, 0.5) is 0 Å². The predicted octanol–water partition coefficient (Wildman–Crippen LogP) is 2.91. The smallest absolute Gasteiger partial charge is 0.0755 e. The molecular weight excluding hydrogens is 224 g/mol. The minimum Gasteiger partial charge on any atom is -0.375 e. The first-order valence-corrected chi connectivity index (χ1v) is 8.17. The number of hydrogen-bond acceptors (Lipinski definition) is 1. The van der Waals surface area contributed by atoms with Gasteiger partial charge in [0.15, 0.2) is 0 Å². The second kappa shape index (κ2) is 4.68. The van der Waals surface area contributed by atoms with Gasteiger partial charge in [0, 0.05) is 11.6 Å². The lowest BCUT2D eigenvalue weighted by Gasteiger charge is -2.37. The molecule has 1 aliphatic rings. The Morgan fingerprint density at radius 3 is 2.53 bits per heavy atom. The van der Waals surface area contributed by atoms with Gasteiger partial charge >= 0.3 is 0 Å². The zero-order chi connectivity index (χ0) is 10.7. The Balaban J connectivity index is 2.28. The number of benzene rings is 1. The van der Waals surface area contributed by atoms with Gasteiger partial charge < -0.3 is 4.74 Å². The molecule has 2 rings (SSSR count). The number of ether oxygens (including phenoxy) is 1. The standard InChI is InChI=1S/C12H17ClOSi/c1-15-12(8-2-3-9-14-12)10-4-6-11(13)7-5-10/h4-7H,2-3,8-9,15H2,1H3. The Labute approximate surface area is 98.6 Å². The van der Waals surface area contributed by atoms with Crippen LogP contribution in [0.2, 0.25) is 11.6 Å². The zero-order valence-electron chi connectivity index (χ0n) is 9.13. The van der Waals surface area contributed by atoms with Crippen LogP contribution in [0.5, 0.6) is 0 Å². The van der Waals surface area contributed by atoms with Crippen LogP contribution in [0.1, 0.15) is 24.8 Å². The van der Waals surface area contributed by atoms with Crippen molar-refractivity contribution >= 4 is 21.1 Å². The third-order valence-corrected chi connectivity index (χ3v) is 5.65. The number of rotatable bonds is 2. The van der Waals surface area contributed by atoms with Crippen molar-refractivity contribution in [2.45, 2.75) is 31.0 Å². The van der Waals surface area contributed by atoms with Crippen molar-refractivity contribution in [1.29, 1.82) is 0 Å². The minimum absolute atomic E-state index is 0.0861. The summed E-state index contributed by atoms with van der Waals surface area (Å²) in [6.07, 6.45) is 3.70. The molecular formula is C12H17ClOSi. The van der Waals surface area contributed by atoms with E-state index in [2.05, 4.69) is 18.7 Å². The molecule has 0 amide bonds. The molecule has 1 aromatic rings. The summed E-state index contributed by atoms with van der Waals surface area (Å²) in [7, 11) is -0.215. The van der Waals surface area contributed by atoms with E-state index in [0.29, 0.717) is 0 Å². The van der Waals surface area contributed by atoms with E-state index >= 15 is 0 Å². The van der Waals surface area contributed by atoms with Crippen molar-refractivity contribution in [3.63, 3.8) is 0 Å². The molecule has 1 aromatic carbocycles. The molecule has 0 N–H and O–H groups in total. The van der Waals surface area contributed by atoms with Crippen LogP contribution in [0, 0.1) is 0 Å². The summed E-state index contributed by atoms with van der Waals surface area (Å²) in [4.78, 5) is 0. The Bertz CT molecular complexity index is 317. The van der Waals surface area contributed by atoms with Crippen LogP contribution in [-0.2, 0) is 9.96 Å². The summed E-state index contributed by atoms with van der Waals surface area (Å²) in [5.41, 5.74) is 1.33. The Morgan fingerprint density at radius 1 is 1.27 bits per heavy atom. The summed E-state index contributed by atoms with van der Waals surface area (Å²) < 4.78 is 6.06. The van der Waals surface area contributed by atoms with Crippen molar-refractivity contribution in [3.05, 3.63) is 34.9 Å². The Hall–Kier alpha value is -0.313. The molecule has 1 unspecified atom stereocenters. The first-order valence-electron chi connectivity index (χ1n) is 5.67. The van der Waals surface area contributed by atoms with Crippen LogP contribution < -0.4 is 0 Å². The fourth-order valence-electron chi connectivity index (χ4n) is 2.32. The average molecular weight is 241 g/mol. The van der Waals surface area contributed by atoms with Gasteiger partial charge in [-0.1, -0.05) is 30.3 Å². The van der Waals surface area contributed by atoms with E-state index in [1.165, 1.54) is 24.8 Å². The van der Waals surface area contributed by atoms with Gasteiger partial charge in [-0.3, -0.25) is 0 Å².